The Hall–Kier alpha value is -1.40. The lowest BCUT2D eigenvalue weighted by Gasteiger charge is -2.31. The number of nitrogens with zero attached hydrogens (tertiary/aromatic N) is 1. The number of rotatable bonds is 6. The second-order valence-corrected chi connectivity index (χ2v) is 8.10. The minimum Gasteiger partial charge on any atom is -0.356 e. The van der Waals surface area contributed by atoms with Crippen molar-refractivity contribution in [2.24, 2.45) is 5.92 Å². The van der Waals surface area contributed by atoms with Crippen molar-refractivity contribution >= 4 is 15.9 Å². The summed E-state index contributed by atoms with van der Waals surface area (Å²) in [6.45, 7) is 5.41. The van der Waals surface area contributed by atoms with E-state index in [0.717, 1.165) is 31.2 Å². The highest BCUT2D eigenvalue weighted by Crippen LogP contribution is 2.24. The Balaban J connectivity index is 2.05. The Labute approximate surface area is 139 Å². The van der Waals surface area contributed by atoms with Crippen LogP contribution in [0, 0.1) is 12.8 Å². The van der Waals surface area contributed by atoms with Crippen LogP contribution < -0.4 is 5.32 Å². The van der Waals surface area contributed by atoms with Crippen molar-refractivity contribution < 1.29 is 13.2 Å². The molecule has 128 valence electrons. The van der Waals surface area contributed by atoms with Crippen LogP contribution in [0.4, 0.5) is 0 Å². The van der Waals surface area contributed by atoms with Crippen LogP contribution in [-0.4, -0.2) is 38.3 Å². The van der Waals surface area contributed by atoms with E-state index in [4.69, 9.17) is 0 Å². The van der Waals surface area contributed by atoms with Crippen molar-refractivity contribution in [2.45, 2.75) is 44.4 Å². The number of carbonyl (C=O) groups excluding carboxylic acids is 1. The van der Waals surface area contributed by atoms with Gasteiger partial charge < -0.3 is 5.32 Å². The highest BCUT2D eigenvalue weighted by atomic mass is 32.2. The van der Waals surface area contributed by atoms with Crippen molar-refractivity contribution in [3.63, 3.8) is 0 Å². The lowest BCUT2D eigenvalue weighted by atomic mass is 9.99. The summed E-state index contributed by atoms with van der Waals surface area (Å²) < 4.78 is 26.9. The molecule has 1 aromatic rings. The lowest BCUT2D eigenvalue weighted by Crippen LogP contribution is -2.45. The first-order valence-electron chi connectivity index (χ1n) is 8.29. The fourth-order valence-corrected chi connectivity index (χ4v) is 4.29. The van der Waals surface area contributed by atoms with Gasteiger partial charge in [0.15, 0.2) is 0 Å². The van der Waals surface area contributed by atoms with Gasteiger partial charge in [-0.1, -0.05) is 31.0 Å². The SMILES string of the molecule is CCCCNC(=O)[C@H]1CCCN(S(=O)(=O)c2ccc(C)cc2)C1. The zero-order chi connectivity index (χ0) is 16.9. The number of unbranched alkanes of at least 4 members (excludes halogenated alkanes) is 1. The molecule has 0 saturated carbocycles. The van der Waals surface area contributed by atoms with Crippen LogP contribution in [0.3, 0.4) is 0 Å². The van der Waals surface area contributed by atoms with E-state index in [1.54, 1.807) is 24.3 Å². The number of hydrogen-bond acceptors (Lipinski definition) is 3. The highest BCUT2D eigenvalue weighted by molar-refractivity contribution is 7.89. The first-order valence-corrected chi connectivity index (χ1v) is 9.73. The number of aryl methyl sites for hydroxylation is 1. The van der Waals surface area contributed by atoms with Crippen molar-refractivity contribution in [1.82, 2.24) is 9.62 Å². The van der Waals surface area contributed by atoms with E-state index in [1.807, 2.05) is 6.92 Å². The second kappa shape index (κ2) is 7.93. The van der Waals surface area contributed by atoms with Gasteiger partial charge in [0, 0.05) is 19.6 Å². The van der Waals surface area contributed by atoms with Crippen molar-refractivity contribution in [3.05, 3.63) is 29.8 Å². The smallest absolute Gasteiger partial charge is 0.243 e. The summed E-state index contributed by atoms with van der Waals surface area (Å²) in [5.74, 6) is -0.275. The van der Waals surface area contributed by atoms with Crippen LogP contribution in [-0.2, 0) is 14.8 Å². The average molecular weight is 338 g/mol. The number of amides is 1. The standard InChI is InChI=1S/C17H26N2O3S/c1-3-4-11-18-17(20)15-6-5-12-19(13-15)23(21,22)16-9-7-14(2)8-10-16/h7-10,15H,3-6,11-13H2,1-2H3,(H,18,20)/t15-/m0/s1. The van der Waals surface area contributed by atoms with Crippen LogP contribution in [0.25, 0.3) is 0 Å². The van der Waals surface area contributed by atoms with E-state index < -0.39 is 10.0 Å². The number of sulfonamides is 1. The maximum atomic E-state index is 12.7. The van der Waals surface area contributed by atoms with Gasteiger partial charge >= 0.3 is 0 Å². The number of piperidine rings is 1. The summed E-state index contributed by atoms with van der Waals surface area (Å²) in [5, 5.41) is 2.91. The zero-order valence-corrected chi connectivity index (χ0v) is 14.7. The summed E-state index contributed by atoms with van der Waals surface area (Å²) in [7, 11) is -3.52. The van der Waals surface area contributed by atoms with Gasteiger partial charge in [-0.25, -0.2) is 8.42 Å². The van der Waals surface area contributed by atoms with Gasteiger partial charge in [-0.15, -0.1) is 0 Å². The Morgan fingerprint density at radius 1 is 1.30 bits per heavy atom. The molecule has 2 rings (SSSR count). The molecule has 0 unspecified atom stereocenters. The van der Waals surface area contributed by atoms with Gasteiger partial charge in [0.1, 0.15) is 0 Å². The quantitative estimate of drug-likeness (QED) is 0.810. The van der Waals surface area contributed by atoms with Crippen molar-refractivity contribution in [3.8, 4) is 0 Å². The molecule has 0 bridgehead atoms. The molecule has 0 aromatic heterocycles. The Bertz CT molecular complexity index is 626. The minimum atomic E-state index is -3.52. The van der Waals surface area contributed by atoms with Crippen molar-refractivity contribution in [2.75, 3.05) is 19.6 Å². The summed E-state index contributed by atoms with van der Waals surface area (Å²) in [6, 6.07) is 6.86. The van der Waals surface area contributed by atoms with Crippen LogP contribution in [0.5, 0.6) is 0 Å². The summed E-state index contributed by atoms with van der Waals surface area (Å²) in [4.78, 5) is 12.5. The minimum absolute atomic E-state index is 0.0257. The molecule has 6 heteroatoms. The van der Waals surface area contributed by atoms with Crippen LogP contribution in [0.15, 0.2) is 29.2 Å². The molecule has 1 heterocycles. The topological polar surface area (TPSA) is 66.5 Å². The molecule has 1 N–H and O–H groups in total. The number of hydrogen-bond donors (Lipinski definition) is 1. The number of benzene rings is 1. The Kier molecular flexibility index (Phi) is 6.18. The first kappa shape index (κ1) is 17.9. The maximum absolute atomic E-state index is 12.7. The summed E-state index contributed by atoms with van der Waals surface area (Å²) >= 11 is 0. The van der Waals surface area contributed by atoms with E-state index in [-0.39, 0.29) is 18.4 Å². The Morgan fingerprint density at radius 2 is 2.00 bits per heavy atom. The van der Waals surface area contributed by atoms with Crippen LogP contribution >= 0.6 is 0 Å². The van der Waals surface area contributed by atoms with Gasteiger partial charge in [-0.05, 0) is 38.3 Å². The maximum Gasteiger partial charge on any atom is 0.243 e. The van der Waals surface area contributed by atoms with Crippen molar-refractivity contribution in [1.29, 1.82) is 0 Å². The molecule has 0 aliphatic carbocycles. The summed E-state index contributed by atoms with van der Waals surface area (Å²) in [5.41, 5.74) is 1.02. The zero-order valence-electron chi connectivity index (χ0n) is 13.9. The molecule has 23 heavy (non-hydrogen) atoms. The van der Waals surface area contributed by atoms with E-state index in [1.165, 1.54) is 4.31 Å². The molecular formula is C17H26N2O3S. The molecule has 1 fully saturated rings. The number of carbonyl (C=O) groups is 1. The normalized spacial score (nSPS) is 19.5. The largest absolute Gasteiger partial charge is 0.356 e. The molecular weight excluding hydrogens is 312 g/mol. The molecule has 0 spiro atoms. The predicted octanol–water partition coefficient (Wildman–Crippen LogP) is 2.31. The third-order valence-corrected chi connectivity index (χ3v) is 6.12. The van der Waals surface area contributed by atoms with Gasteiger partial charge in [0.05, 0.1) is 10.8 Å². The van der Waals surface area contributed by atoms with Gasteiger partial charge in [-0.2, -0.15) is 4.31 Å². The fourth-order valence-electron chi connectivity index (χ4n) is 2.77. The monoisotopic (exact) mass is 338 g/mol. The first-order chi connectivity index (χ1) is 10.9. The van der Waals surface area contributed by atoms with Gasteiger partial charge in [0.2, 0.25) is 15.9 Å². The molecule has 1 saturated heterocycles. The van der Waals surface area contributed by atoms with Gasteiger partial charge in [0.25, 0.3) is 0 Å². The second-order valence-electron chi connectivity index (χ2n) is 6.16. The van der Waals surface area contributed by atoms with Crippen LogP contribution in [0.2, 0.25) is 0 Å². The molecule has 1 atom stereocenters. The highest BCUT2D eigenvalue weighted by Gasteiger charge is 2.33. The Morgan fingerprint density at radius 3 is 2.65 bits per heavy atom. The van der Waals surface area contributed by atoms with E-state index in [0.29, 0.717) is 18.0 Å². The fraction of sp³-hybridized carbons (Fsp3) is 0.588. The third kappa shape index (κ3) is 4.54. The number of nitrogens with one attached hydrogen (secondary N) is 1. The molecule has 1 aliphatic heterocycles. The molecule has 1 aromatic carbocycles. The molecule has 5 nitrogen and oxygen atoms in total. The van der Waals surface area contributed by atoms with Crippen LogP contribution in [0.1, 0.15) is 38.2 Å². The average Bonchev–Trinajstić information content (AvgIpc) is 2.55. The molecule has 1 amide bonds. The van der Waals surface area contributed by atoms with E-state index >= 15 is 0 Å². The summed E-state index contributed by atoms with van der Waals surface area (Å²) in [6.07, 6.45) is 3.44. The molecule has 0 radical (unpaired) electrons. The molecule has 1 aliphatic rings. The third-order valence-electron chi connectivity index (χ3n) is 4.24. The lowest BCUT2D eigenvalue weighted by molar-refractivity contribution is -0.126. The van der Waals surface area contributed by atoms with E-state index in [9.17, 15) is 13.2 Å². The van der Waals surface area contributed by atoms with Gasteiger partial charge in [-0.3, -0.25) is 4.79 Å². The van der Waals surface area contributed by atoms with E-state index in [2.05, 4.69) is 12.2 Å². The predicted molar refractivity (Wildman–Crippen MR) is 90.6 cm³/mol.